The van der Waals surface area contributed by atoms with E-state index in [0.29, 0.717) is 5.92 Å². The molecule has 0 bridgehead atoms. The highest BCUT2D eigenvalue weighted by Crippen LogP contribution is 2.05. The molecule has 0 aromatic carbocycles. The van der Waals surface area contributed by atoms with Crippen molar-refractivity contribution in [3.8, 4) is 0 Å². The van der Waals surface area contributed by atoms with Crippen LogP contribution in [0.1, 0.15) is 20.3 Å². The summed E-state index contributed by atoms with van der Waals surface area (Å²) in [7, 11) is 0. The highest BCUT2D eigenvalue weighted by atomic mass is 14.0. The van der Waals surface area contributed by atoms with Gasteiger partial charge in [0.15, 0.2) is 0 Å². The van der Waals surface area contributed by atoms with Gasteiger partial charge in [0.1, 0.15) is 0 Å². The van der Waals surface area contributed by atoms with Gasteiger partial charge in [-0.3, -0.25) is 0 Å². The van der Waals surface area contributed by atoms with Gasteiger partial charge >= 0.3 is 0 Å². The Morgan fingerprint density at radius 3 is 2.60 bits per heavy atom. The summed E-state index contributed by atoms with van der Waals surface area (Å²) in [5.74, 6) is 0.592. The first-order chi connectivity index (χ1) is 4.66. The highest BCUT2D eigenvalue weighted by Gasteiger charge is 1.90. The Kier molecular flexibility index (Phi) is 4.65. The van der Waals surface area contributed by atoms with Crippen molar-refractivity contribution >= 4 is 0 Å². The molecule has 0 N–H and O–H groups in total. The predicted octanol–water partition coefficient (Wildman–Crippen LogP) is 3.33. The average Bonchev–Trinajstić information content (AvgIpc) is 1.85. The molecule has 0 amide bonds. The van der Waals surface area contributed by atoms with Crippen LogP contribution in [-0.4, -0.2) is 0 Å². The van der Waals surface area contributed by atoms with Crippen LogP contribution in [0, 0.1) is 5.92 Å². The minimum atomic E-state index is 0.592. The molecule has 0 heterocycles. The Bertz CT molecular complexity index is 140. The van der Waals surface area contributed by atoms with Crippen molar-refractivity contribution in [1.82, 2.24) is 0 Å². The van der Waals surface area contributed by atoms with Gasteiger partial charge in [0.05, 0.1) is 0 Å². The van der Waals surface area contributed by atoms with Crippen molar-refractivity contribution in [1.29, 1.82) is 0 Å². The van der Waals surface area contributed by atoms with Crippen molar-refractivity contribution in [3.63, 3.8) is 0 Å². The van der Waals surface area contributed by atoms with Crippen LogP contribution < -0.4 is 0 Å². The monoisotopic (exact) mass is 136 g/mol. The van der Waals surface area contributed by atoms with Crippen molar-refractivity contribution in [2.75, 3.05) is 0 Å². The van der Waals surface area contributed by atoms with Gasteiger partial charge in [0, 0.05) is 0 Å². The van der Waals surface area contributed by atoms with Gasteiger partial charge in [0.25, 0.3) is 0 Å². The van der Waals surface area contributed by atoms with Crippen LogP contribution in [0.15, 0.2) is 37.0 Å². The van der Waals surface area contributed by atoms with E-state index < -0.39 is 0 Å². The molecule has 0 spiro atoms. The van der Waals surface area contributed by atoms with Gasteiger partial charge in [-0.05, 0) is 19.3 Å². The molecule has 0 saturated heterocycles. The smallest absolute Gasteiger partial charge is 0.0224 e. The Morgan fingerprint density at radius 1 is 1.60 bits per heavy atom. The zero-order valence-electron chi connectivity index (χ0n) is 6.93. The van der Waals surface area contributed by atoms with Gasteiger partial charge in [-0.25, -0.2) is 0 Å². The molecule has 0 aliphatic carbocycles. The SMILES string of the molecule is C=CC[C@H](C)/C=C/C(=C)C. The molecule has 0 unspecified atom stereocenters. The molecule has 0 aliphatic rings. The molecule has 0 aromatic rings. The van der Waals surface area contributed by atoms with Crippen LogP contribution in [0.25, 0.3) is 0 Å². The zero-order chi connectivity index (χ0) is 7.98. The molecule has 0 radical (unpaired) electrons. The molecule has 1 atom stereocenters. The second kappa shape index (κ2) is 5.04. The normalized spacial score (nSPS) is 13.4. The summed E-state index contributed by atoms with van der Waals surface area (Å²) in [5, 5.41) is 0. The minimum absolute atomic E-state index is 0.592. The van der Waals surface area contributed by atoms with E-state index in [2.05, 4.69) is 26.2 Å². The molecule has 0 aliphatic heterocycles. The first-order valence-corrected chi connectivity index (χ1v) is 3.61. The third-order valence-corrected chi connectivity index (χ3v) is 1.25. The Morgan fingerprint density at radius 2 is 2.20 bits per heavy atom. The van der Waals surface area contributed by atoms with E-state index in [1.165, 1.54) is 0 Å². The minimum Gasteiger partial charge on any atom is -0.103 e. The van der Waals surface area contributed by atoms with Gasteiger partial charge < -0.3 is 0 Å². The van der Waals surface area contributed by atoms with Crippen LogP contribution in [0.5, 0.6) is 0 Å². The maximum Gasteiger partial charge on any atom is -0.0224 e. The van der Waals surface area contributed by atoms with Crippen molar-refractivity contribution in [3.05, 3.63) is 37.0 Å². The number of hydrogen-bond donors (Lipinski definition) is 0. The molecule has 0 heteroatoms. The Labute approximate surface area is 64.0 Å². The summed E-state index contributed by atoms with van der Waals surface area (Å²) in [4.78, 5) is 0. The van der Waals surface area contributed by atoms with Gasteiger partial charge in [0.2, 0.25) is 0 Å². The van der Waals surface area contributed by atoms with Gasteiger partial charge in [-0.2, -0.15) is 0 Å². The molecule has 0 saturated carbocycles. The van der Waals surface area contributed by atoms with Crippen LogP contribution in [-0.2, 0) is 0 Å². The molecule has 56 valence electrons. The fourth-order valence-electron chi connectivity index (χ4n) is 0.670. The summed E-state index contributed by atoms with van der Waals surface area (Å²) in [6.07, 6.45) is 7.19. The quantitative estimate of drug-likeness (QED) is 0.411. The van der Waals surface area contributed by atoms with E-state index in [-0.39, 0.29) is 0 Å². The molecule has 0 fully saturated rings. The molecule has 0 aromatic heterocycles. The third kappa shape index (κ3) is 5.36. The van der Waals surface area contributed by atoms with E-state index in [0.717, 1.165) is 12.0 Å². The lowest BCUT2D eigenvalue weighted by molar-refractivity contribution is 0.745. The molecular weight excluding hydrogens is 120 g/mol. The number of allylic oxidation sites excluding steroid dienone is 4. The van der Waals surface area contributed by atoms with Crippen LogP contribution >= 0.6 is 0 Å². The van der Waals surface area contributed by atoms with Gasteiger partial charge in [-0.1, -0.05) is 37.3 Å². The van der Waals surface area contributed by atoms with E-state index >= 15 is 0 Å². The maximum atomic E-state index is 3.77. The summed E-state index contributed by atoms with van der Waals surface area (Å²) >= 11 is 0. The summed E-state index contributed by atoms with van der Waals surface area (Å²) in [5.41, 5.74) is 1.11. The maximum absolute atomic E-state index is 3.77. The molecule has 0 nitrogen and oxygen atoms in total. The van der Waals surface area contributed by atoms with Crippen molar-refractivity contribution in [2.24, 2.45) is 5.92 Å². The van der Waals surface area contributed by atoms with E-state index in [1.54, 1.807) is 0 Å². The van der Waals surface area contributed by atoms with Crippen LogP contribution in [0.4, 0.5) is 0 Å². The summed E-state index contributed by atoms with van der Waals surface area (Å²) < 4.78 is 0. The first-order valence-electron chi connectivity index (χ1n) is 3.61. The third-order valence-electron chi connectivity index (χ3n) is 1.25. The standard InChI is InChI=1S/C10H16/c1-5-6-10(4)8-7-9(2)3/h5,7-8,10H,1-2,6H2,3-4H3/b8-7+/t10-/m0/s1. The fourth-order valence-corrected chi connectivity index (χ4v) is 0.670. The summed E-state index contributed by atoms with van der Waals surface area (Å²) in [6.45, 7) is 11.6. The Hall–Kier alpha value is -0.780. The van der Waals surface area contributed by atoms with Crippen molar-refractivity contribution < 1.29 is 0 Å². The first kappa shape index (κ1) is 9.22. The zero-order valence-corrected chi connectivity index (χ0v) is 6.93. The van der Waals surface area contributed by atoms with E-state index in [1.807, 2.05) is 19.1 Å². The lowest BCUT2D eigenvalue weighted by Crippen LogP contribution is -1.84. The van der Waals surface area contributed by atoms with Crippen LogP contribution in [0.2, 0.25) is 0 Å². The second-order valence-electron chi connectivity index (χ2n) is 2.71. The average molecular weight is 136 g/mol. The number of hydrogen-bond acceptors (Lipinski definition) is 0. The predicted molar refractivity (Wildman–Crippen MR) is 47.9 cm³/mol. The highest BCUT2D eigenvalue weighted by molar-refractivity contribution is 5.11. The summed E-state index contributed by atoms with van der Waals surface area (Å²) in [6, 6.07) is 0. The van der Waals surface area contributed by atoms with E-state index in [9.17, 15) is 0 Å². The molecule has 10 heavy (non-hydrogen) atoms. The molecular formula is C10H16. The van der Waals surface area contributed by atoms with Crippen molar-refractivity contribution in [2.45, 2.75) is 20.3 Å². The second-order valence-corrected chi connectivity index (χ2v) is 2.71. The largest absolute Gasteiger partial charge is 0.103 e. The molecule has 0 rings (SSSR count). The number of rotatable bonds is 4. The Balaban J connectivity index is 3.65. The topological polar surface area (TPSA) is 0 Å². The lowest BCUT2D eigenvalue weighted by Gasteiger charge is -1.98. The fraction of sp³-hybridized carbons (Fsp3) is 0.400. The van der Waals surface area contributed by atoms with E-state index in [4.69, 9.17) is 0 Å². The van der Waals surface area contributed by atoms with Gasteiger partial charge in [-0.15, -0.1) is 6.58 Å². The van der Waals surface area contributed by atoms with Crippen LogP contribution in [0.3, 0.4) is 0 Å². The lowest BCUT2D eigenvalue weighted by atomic mass is 10.1.